The molecule has 0 radical (unpaired) electrons. The Bertz CT molecular complexity index is 328. The van der Waals surface area contributed by atoms with Crippen LogP contribution >= 0.6 is 24.4 Å². The number of aliphatic hydroxyl groups excluding tert-OH is 1. The molecule has 0 fully saturated rings. The summed E-state index contributed by atoms with van der Waals surface area (Å²) < 4.78 is -0.296. The summed E-state index contributed by atoms with van der Waals surface area (Å²) >= 11 is 5.31. The zero-order chi connectivity index (χ0) is 10.6. The van der Waals surface area contributed by atoms with Gasteiger partial charge in [0.05, 0.1) is 16.8 Å². The summed E-state index contributed by atoms with van der Waals surface area (Å²) in [5, 5.41) is 17.6. The fourth-order valence-electron chi connectivity index (χ4n) is 0.930. The van der Waals surface area contributed by atoms with Crippen LogP contribution in [0, 0.1) is 0 Å². The van der Waals surface area contributed by atoms with Gasteiger partial charge >= 0.3 is 5.97 Å². The smallest absolute Gasteiger partial charge is 0.336 e. The van der Waals surface area contributed by atoms with Crippen LogP contribution in [0.5, 0.6) is 0 Å². The Labute approximate surface area is 91.6 Å². The Hall–Kier alpha value is -0.650. The van der Waals surface area contributed by atoms with E-state index in [4.69, 9.17) is 10.2 Å². The van der Waals surface area contributed by atoms with Gasteiger partial charge in [0.15, 0.2) is 0 Å². The predicted molar refractivity (Wildman–Crippen MR) is 59.1 cm³/mol. The lowest BCUT2D eigenvalue weighted by Crippen LogP contribution is -2.03. The first-order valence-corrected chi connectivity index (χ1v) is 5.32. The number of rotatable bonds is 4. The number of aliphatic hydroxyl groups is 1. The molecule has 0 saturated carbocycles. The van der Waals surface area contributed by atoms with E-state index in [1.165, 1.54) is 17.8 Å². The summed E-state index contributed by atoms with van der Waals surface area (Å²) in [5.41, 5.74) is 0.241. The Balaban J connectivity index is 2.90. The van der Waals surface area contributed by atoms with E-state index in [0.717, 1.165) is 0 Å². The molecule has 0 aromatic heterocycles. The zero-order valence-electron chi connectivity index (χ0n) is 7.25. The maximum absolute atomic E-state index is 10.8. The van der Waals surface area contributed by atoms with Crippen LogP contribution in [-0.4, -0.2) is 27.4 Å². The number of carboxylic acids is 1. The van der Waals surface area contributed by atoms with Crippen molar-refractivity contribution in [2.75, 3.05) is 6.61 Å². The van der Waals surface area contributed by atoms with Crippen molar-refractivity contribution in [1.82, 2.24) is 0 Å². The number of hydrogen-bond acceptors (Lipinski definition) is 4. The molecule has 0 aliphatic rings. The van der Waals surface area contributed by atoms with E-state index in [9.17, 15) is 4.79 Å². The van der Waals surface area contributed by atoms with E-state index < -0.39 is 5.97 Å². The second kappa shape index (κ2) is 5.29. The number of aromatic carboxylic acids is 1. The number of thioether (sulfide) groups is 1. The molecule has 1 atom stereocenters. The summed E-state index contributed by atoms with van der Waals surface area (Å²) in [5.74, 6) is -0.966. The quantitative estimate of drug-likeness (QED) is 0.419. The van der Waals surface area contributed by atoms with Crippen molar-refractivity contribution in [3.05, 3.63) is 29.8 Å². The molecule has 3 nitrogen and oxygen atoms in total. The van der Waals surface area contributed by atoms with Crippen molar-refractivity contribution in [2.45, 2.75) is 9.48 Å². The van der Waals surface area contributed by atoms with Crippen molar-refractivity contribution in [3.8, 4) is 0 Å². The van der Waals surface area contributed by atoms with Crippen LogP contribution in [0.2, 0.25) is 0 Å². The highest BCUT2D eigenvalue weighted by Gasteiger charge is 2.12. The predicted octanol–water partition coefficient (Wildman–Crippen LogP) is 1.73. The third kappa shape index (κ3) is 2.94. The highest BCUT2D eigenvalue weighted by molar-refractivity contribution is 8.10. The first-order chi connectivity index (χ1) is 6.65. The van der Waals surface area contributed by atoms with Gasteiger partial charge in [-0.1, -0.05) is 12.1 Å². The first-order valence-electron chi connectivity index (χ1n) is 3.93. The number of carboxylic acid groups (broad SMARTS) is 1. The largest absolute Gasteiger partial charge is 0.478 e. The molecule has 1 aromatic rings. The molecule has 1 unspecified atom stereocenters. The molecule has 0 amide bonds. The normalized spacial score (nSPS) is 12.4. The van der Waals surface area contributed by atoms with Crippen LogP contribution < -0.4 is 0 Å². The van der Waals surface area contributed by atoms with Crippen LogP contribution in [0.15, 0.2) is 29.2 Å². The Kier molecular flexibility index (Phi) is 4.31. The molecule has 0 heterocycles. The van der Waals surface area contributed by atoms with Crippen molar-refractivity contribution < 1.29 is 15.0 Å². The zero-order valence-corrected chi connectivity index (χ0v) is 8.96. The second-order valence-electron chi connectivity index (χ2n) is 2.56. The molecule has 0 aliphatic heterocycles. The van der Waals surface area contributed by atoms with Crippen molar-refractivity contribution in [3.63, 3.8) is 0 Å². The van der Waals surface area contributed by atoms with E-state index in [1.807, 2.05) is 0 Å². The van der Waals surface area contributed by atoms with Gasteiger partial charge in [-0.2, -0.15) is 12.6 Å². The molecule has 1 aromatic carbocycles. The monoisotopic (exact) mass is 230 g/mol. The number of thiol groups is 1. The Morgan fingerprint density at radius 2 is 2.14 bits per heavy atom. The number of carbonyl (C=O) groups is 1. The van der Waals surface area contributed by atoms with Crippen molar-refractivity contribution in [2.24, 2.45) is 0 Å². The van der Waals surface area contributed by atoms with E-state index >= 15 is 0 Å². The fourth-order valence-corrected chi connectivity index (χ4v) is 2.08. The molecule has 0 saturated heterocycles. The maximum Gasteiger partial charge on any atom is 0.336 e. The van der Waals surface area contributed by atoms with Gasteiger partial charge in [-0.25, -0.2) is 4.79 Å². The topological polar surface area (TPSA) is 57.5 Å². The molecule has 0 bridgehead atoms. The molecule has 0 aliphatic carbocycles. The van der Waals surface area contributed by atoms with Gasteiger partial charge in [0.1, 0.15) is 0 Å². The van der Waals surface area contributed by atoms with Crippen molar-refractivity contribution >= 4 is 30.4 Å². The van der Waals surface area contributed by atoms with E-state index in [2.05, 4.69) is 12.6 Å². The van der Waals surface area contributed by atoms with Crippen LogP contribution in [0.1, 0.15) is 10.4 Å². The minimum atomic E-state index is -0.966. The molecular weight excluding hydrogens is 220 g/mol. The lowest BCUT2D eigenvalue weighted by atomic mass is 10.2. The molecule has 0 spiro atoms. The maximum atomic E-state index is 10.8. The lowest BCUT2D eigenvalue weighted by Gasteiger charge is -2.08. The second-order valence-corrected chi connectivity index (χ2v) is 4.77. The minimum Gasteiger partial charge on any atom is -0.478 e. The van der Waals surface area contributed by atoms with E-state index in [1.54, 1.807) is 18.2 Å². The van der Waals surface area contributed by atoms with E-state index in [-0.39, 0.29) is 16.8 Å². The summed E-state index contributed by atoms with van der Waals surface area (Å²) in [6, 6.07) is 6.65. The minimum absolute atomic E-state index is 0.0955. The molecular formula is C9H10O3S2. The SMILES string of the molecule is O=C(O)c1ccccc1SC(S)CO. The Morgan fingerprint density at radius 1 is 1.50 bits per heavy atom. The summed E-state index contributed by atoms with van der Waals surface area (Å²) in [6.07, 6.45) is 0. The van der Waals surface area contributed by atoms with Crippen molar-refractivity contribution in [1.29, 1.82) is 0 Å². The third-order valence-corrected chi connectivity index (χ3v) is 3.05. The number of benzene rings is 1. The van der Waals surface area contributed by atoms with Gasteiger partial charge in [-0.05, 0) is 12.1 Å². The summed E-state index contributed by atoms with van der Waals surface area (Å²) in [6.45, 7) is -0.0955. The van der Waals surface area contributed by atoms with Gasteiger partial charge in [0, 0.05) is 4.90 Å². The van der Waals surface area contributed by atoms with Gasteiger partial charge in [-0.15, -0.1) is 11.8 Å². The third-order valence-electron chi connectivity index (χ3n) is 1.54. The molecule has 5 heteroatoms. The highest BCUT2D eigenvalue weighted by Crippen LogP contribution is 2.28. The van der Waals surface area contributed by atoms with Crippen LogP contribution in [0.3, 0.4) is 0 Å². The fraction of sp³-hybridized carbons (Fsp3) is 0.222. The lowest BCUT2D eigenvalue weighted by molar-refractivity contribution is 0.0693. The molecule has 2 N–H and O–H groups in total. The average Bonchev–Trinajstić information content (AvgIpc) is 2.18. The van der Waals surface area contributed by atoms with Crippen LogP contribution in [-0.2, 0) is 0 Å². The molecule has 76 valence electrons. The summed E-state index contributed by atoms with van der Waals surface area (Å²) in [4.78, 5) is 11.4. The first kappa shape index (κ1) is 11.4. The standard InChI is InChI=1S/C9H10O3S2/c10-5-8(13)14-7-4-2-1-3-6(7)9(11)12/h1-4,8,10,13H,5H2,(H,11,12). The van der Waals surface area contributed by atoms with E-state index in [0.29, 0.717) is 4.90 Å². The van der Waals surface area contributed by atoms with Gasteiger partial charge in [0.25, 0.3) is 0 Å². The highest BCUT2D eigenvalue weighted by atomic mass is 32.2. The van der Waals surface area contributed by atoms with Gasteiger partial charge in [-0.3, -0.25) is 0 Å². The Morgan fingerprint density at radius 3 is 2.71 bits per heavy atom. The van der Waals surface area contributed by atoms with Crippen LogP contribution in [0.25, 0.3) is 0 Å². The molecule has 1 rings (SSSR count). The van der Waals surface area contributed by atoms with Gasteiger partial charge in [0.2, 0.25) is 0 Å². The average molecular weight is 230 g/mol. The summed E-state index contributed by atoms with van der Waals surface area (Å²) in [7, 11) is 0. The molecule has 14 heavy (non-hydrogen) atoms. The number of hydrogen-bond donors (Lipinski definition) is 3. The van der Waals surface area contributed by atoms with Crippen LogP contribution in [0.4, 0.5) is 0 Å². The van der Waals surface area contributed by atoms with Gasteiger partial charge < -0.3 is 10.2 Å².